The van der Waals surface area contributed by atoms with Gasteiger partial charge in [-0.25, -0.2) is 4.79 Å². The highest BCUT2D eigenvalue weighted by Gasteiger charge is 2.41. The van der Waals surface area contributed by atoms with Crippen molar-refractivity contribution in [2.45, 2.75) is 83.6 Å². The topological polar surface area (TPSA) is 91.9 Å². The van der Waals surface area contributed by atoms with Crippen molar-refractivity contribution in [3.63, 3.8) is 0 Å². The Morgan fingerprint density at radius 3 is 2.19 bits per heavy atom. The molecule has 1 amide bonds. The Morgan fingerprint density at radius 2 is 1.73 bits per heavy atom. The minimum absolute atomic E-state index is 0.172. The minimum atomic E-state index is -1.13. The van der Waals surface area contributed by atoms with Crippen molar-refractivity contribution in [3.05, 3.63) is 5.82 Å². The van der Waals surface area contributed by atoms with Gasteiger partial charge in [-0.2, -0.15) is 4.98 Å². The third kappa shape index (κ3) is 4.47. The van der Waals surface area contributed by atoms with Crippen LogP contribution in [0.5, 0.6) is 0 Å². The van der Waals surface area contributed by atoms with Gasteiger partial charge in [-0.1, -0.05) is 5.16 Å². The van der Waals surface area contributed by atoms with Crippen LogP contribution in [0, 0.1) is 0 Å². The zero-order valence-corrected chi connectivity index (χ0v) is 16.4. The van der Waals surface area contributed by atoms with E-state index in [1.807, 2.05) is 30.6 Å². The molecule has 1 N–H and O–H groups in total. The zero-order chi connectivity index (χ0) is 19.1. The van der Waals surface area contributed by atoms with Gasteiger partial charge in [0.25, 0.3) is 0 Å². The van der Waals surface area contributed by atoms with Gasteiger partial charge in [0.2, 0.25) is 5.82 Å². The molecule has 1 aromatic rings. The molecule has 3 rings (SSSR count). The fraction of sp³-hybridized carbons (Fsp3) is 0.833. The second-order valence-corrected chi connectivity index (χ2v) is 8.80. The van der Waals surface area contributed by atoms with Gasteiger partial charge in [0, 0.05) is 25.2 Å². The molecule has 8 heteroatoms. The molecule has 146 valence electrons. The first-order valence-corrected chi connectivity index (χ1v) is 9.37. The predicted octanol–water partition coefficient (Wildman–Crippen LogP) is 2.67. The van der Waals surface area contributed by atoms with Crippen molar-refractivity contribution in [2.75, 3.05) is 18.0 Å². The third-order valence-electron chi connectivity index (χ3n) is 4.64. The number of ether oxygens (including phenoxy) is 1. The molecule has 0 bridgehead atoms. The lowest BCUT2D eigenvalue weighted by atomic mass is 10.0. The summed E-state index contributed by atoms with van der Waals surface area (Å²) in [4.78, 5) is 20.9. The van der Waals surface area contributed by atoms with Crippen molar-refractivity contribution in [1.82, 2.24) is 15.0 Å². The number of carbonyl (C=O) groups is 1. The molecule has 1 aliphatic carbocycles. The van der Waals surface area contributed by atoms with Crippen LogP contribution < -0.4 is 4.90 Å². The second kappa shape index (κ2) is 6.72. The maximum Gasteiger partial charge on any atom is 0.410 e. The summed E-state index contributed by atoms with van der Waals surface area (Å²) in [6.45, 7) is 10.4. The SMILES string of the molecule is CC(C)(C)OC(=O)N(C1CC1)C1CCN(c2nc(C(C)(C)O)no2)CC1. The van der Waals surface area contributed by atoms with Crippen LogP contribution >= 0.6 is 0 Å². The summed E-state index contributed by atoms with van der Waals surface area (Å²) in [5.41, 5.74) is -1.61. The molecule has 0 atom stereocenters. The van der Waals surface area contributed by atoms with E-state index >= 15 is 0 Å². The largest absolute Gasteiger partial charge is 0.444 e. The van der Waals surface area contributed by atoms with Crippen LogP contribution in [0.1, 0.15) is 66.1 Å². The first-order valence-electron chi connectivity index (χ1n) is 9.37. The number of anilines is 1. The van der Waals surface area contributed by atoms with Gasteiger partial charge in [0.05, 0.1) is 0 Å². The van der Waals surface area contributed by atoms with E-state index in [-0.39, 0.29) is 18.0 Å². The lowest BCUT2D eigenvalue weighted by molar-refractivity contribution is 0.0113. The van der Waals surface area contributed by atoms with Crippen molar-refractivity contribution in [2.24, 2.45) is 0 Å². The summed E-state index contributed by atoms with van der Waals surface area (Å²) in [5.74, 6) is 0.281. The van der Waals surface area contributed by atoms with Crippen molar-refractivity contribution in [1.29, 1.82) is 0 Å². The van der Waals surface area contributed by atoms with Gasteiger partial charge < -0.3 is 24.2 Å². The van der Waals surface area contributed by atoms with E-state index in [1.54, 1.807) is 13.8 Å². The average molecular weight is 366 g/mol. The first kappa shape index (κ1) is 18.9. The summed E-state index contributed by atoms with van der Waals surface area (Å²) in [6, 6.07) is 0.910. The molecule has 26 heavy (non-hydrogen) atoms. The zero-order valence-electron chi connectivity index (χ0n) is 16.4. The fourth-order valence-electron chi connectivity index (χ4n) is 3.19. The molecule has 1 saturated carbocycles. The van der Waals surface area contributed by atoms with Crippen molar-refractivity contribution in [3.8, 4) is 0 Å². The number of aromatic nitrogens is 2. The van der Waals surface area contributed by atoms with E-state index < -0.39 is 11.2 Å². The minimum Gasteiger partial charge on any atom is -0.444 e. The monoisotopic (exact) mass is 366 g/mol. The van der Waals surface area contributed by atoms with E-state index in [0.29, 0.717) is 12.1 Å². The van der Waals surface area contributed by atoms with Gasteiger partial charge in [0.15, 0.2) is 0 Å². The smallest absolute Gasteiger partial charge is 0.410 e. The molecule has 8 nitrogen and oxygen atoms in total. The standard InChI is InChI=1S/C18H30N4O4/c1-17(2,3)25-16(23)22(12-6-7-12)13-8-10-21(11-9-13)15-19-14(20-26-15)18(4,5)24/h12-13,24H,6-11H2,1-5H3. The molecule has 1 aliphatic heterocycles. The van der Waals surface area contributed by atoms with E-state index in [0.717, 1.165) is 38.8 Å². The number of carbonyl (C=O) groups excluding carboxylic acids is 1. The molecule has 0 spiro atoms. The Bertz CT molecular complexity index is 634. The Balaban J connectivity index is 1.61. The van der Waals surface area contributed by atoms with Crippen LogP contribution in [0.2, 0.25) is 0 Å². The maximum atomic E-state index is 12.6. The molecule has 1 aromatic heterocycles. The van der Waals surface area contributed by atoms with Crippen LogP contribution in [0.4, 0.5) is 10.8 Å². The summed E-state index contributed by atoms with van der Waals surface area (Å²) >= 11 is 0. The van der Waals surface area contributed by atoms with Gasteiger partial charge in [-0.15, -0.1) is 0 Å². The van der Waals surface area contributed by atoms with Crippen LogP contribution in [0.25, 0.3) is 0 Å². The summed E-state index contributed by atoms with van der Waals surface area (Å²) in [6.07, 6.45) is 3.56. The Labute approximate surface area is 154 Å². The third-order valence-corrected chi connectivity index (χ3v) is 4.64. The normalized spacial score (nSPS) is 19.5. The molecule has 0 unspecified atom stereocenters. The molecule has 2 aliphatic rings. The summed E-state index contributed by atoms with van der Waals surface area (Å²) in [7, 11) is 0. The molecule has 2 heterocycles. The number of hydrogen-bond acceptors (Lipinski definition) is 7. The van der Waals surface area contributed by atoms with Crippen LogP contribution in [0.15, 0.2) is 4.52 Å². The highest BCUT2D eigenvalue weighted by atomic mass is 16.6. The molecule has 1 saturated heterocycles. The van der Waals surface area contributed by atoms with Crippen LogP contribution in [-0.2, 0) is 10.3 Å². The number of aliphatic hydroxyl groups is 1. The number of nitrogens with zero attached hydrogens (tertiary/aromatic N) is 4. The summed E-state index contributed by atoms with van der Waals surface area (Å²) in [5, 5.41) is 13.8. The lowest BCUT2D eigenvalue weighted by Gasteiger charge is -2.38. The second-order valence-electron chi connectivity index (χ2n) is 8.80. The maximum absolute atomic E-state index is 12.6. The van der Waals surface area contributed by atoms with E-state index in [2.05, 4.69) is 10.1 Å². The number of amides is 1. The van der Waals surface area contributed by atoms with Crippen molar-refractivity contribution < 1.29 is 19.2 Å². The van der Waals surface area contributed by atoms with Gasteiger partial charge in [0.1, 0.15) is 11.2 Å². The Morgan fingerprint density at radius 1 is 1.15 bits per heavy atom. The van der Waals surface area contributed by atoms with Crippen molar-refractivity contribution >= 4 is 12.1 Å². The average Bonchev–Trinajstić information content (AvgIpc) is 3.19. The molecule has 0 aromatic carbocycles. The lowest BCUT2D eigenvalue weighted by Crippen LogP contribution is -2.50. The number of hydrogen-bond donors (Lipinski definition) is 1. The predicted molar refractivity (Wildman–Crippen MR) is 95.9 cm³/mol. The van der Waals surface area contributed by atoms with Gasteiger partial charge >= 0.3 is 12.1 Å². The quantitative estimate of drug-likeness (QED) is 0.876. The van der Waals surface area contributed by atoms with Crippen LogP contribution in [-0.4, -0.2) is 57.0 Å². The van der Waals surface area contributed by atoms with E-state index in [4.69, 9.17) is 9.26 Å². The van der Waals surface area contributed by atoms with Gasteiger partial charge in [-0.3, -0.25) is 0 Å². The molecule has 2 fully saturated rings. The number of rotatable bonds is 4. The Kier molecular flexibility index (Phi) is 4.90. The molecular weight excluding hydrogens is 336 g/mol. The van der Waals surface area contributed by atoms with Gasteiger partial charge in [-0.05, 0) is 60.3 Å². The molecular formula is C18H30N4O4. The van der Waals surface area contributed by atoms with E-state index in [1.165, 1.54) is 0 Å². The van der Waals surface area contributed by atoms with E-state index in [9.17, 15) is 9.90 Å². The fourth-order valence-corrected chi connectivity index (χ4v) is 3.19. The number of piperidine rings is 1. The highest BCUT2D eigenvalue weighted by molar-refractivity contribution is 5.69. The highest BCUT2D eigenvalue weighted by Crippen LogP contribution is 2.34. The summed E-state index contributed by atoms with van der Waals surface area (Å²) < 4.78 is 10.9. The molecule has 0 radical (unpaired) electrons. The Hall–Kier alpha value is -1.83. The first-order chi connectivity index (χ1) is 12.0. The van der Waals surface area contributed by atoms with Crippen LogP contribution in [0.3, 0.4) is 0 Å².